The molecule has 1 aromatic rings. The first-order valence-electron chi connectivity index (χ1n) is 5.54. The number of aromatic carboxylic acids is 1. The van der Waals surface area contributed by atoms with Crippen LogP contribution in [0.4, 0.5) is 5.82 Å². The van der Waals surface area contributed by atoms with E-state index in [0.29, 0.717) is 12.4 Å². The van der Waals surface area contributed by atoms with Crippen LogP contribution < -0.4 is 5.32 Å². The molecule has 0 aliphatic rings. The average Bonchev–Trinajstić information content (AvgIpc) is 2.28. The number of carbonyl (C=O) groups is 1. The van der Waals surface area contributed by atoms with Crippen molar-refractivity contribution in [1.29, 1.82) is 0 Å². The maximum atomic E-state index is 11.0. The van der Waals surface area contributed by atoms with Gasteiger partial charge in [-0.1, -0.05) is 6.92 Å². The number of pyridine rings is 1. The SMILES string of the molecule is CC[C@@H](COC)Nc1nc(C)ccc1C(=O)O. The second-order valence-electron chi connectivity index (χ2n) is 3.86. The first kappa shape index (κ1) is 13.4. The summed E-state index contributed by atoms with van der Waals surface area (Å²) in [6, 6.07) is 3.31. The Morgan fingerprint density at radius 3 is 2.82 bits per heavy atom. The Kier molecular flexibility index (Phi) is 4.90. The van der Waals surface area contributed by atoms with E-state index in [2.05, 4.69) is 10.3 Å². The maximum Gasteiger partial charge on any atom is 0.339 e. The van der Waals surface area contributed by atoms with Crippen molar-refractivity contribution in [1.82, 2.24) is 4.98 Å². The smallest absolute Gasteiger partial charge is 0.339 e. The van der Waals surface area contributed by atoms with Gasteiger partial charge in [0.1, 0.15) is 11.4 Å². The summed E-state index contributed by atoms with van der Waals surface area (Å²) >= 11 is 0. The van der Waals surface area contributed by atoms with Crippen LogP contribution in [0.15, 0.2) is 12.1 Å². The number of rotatable bonds is 6. The number of methoxy groups -OCH3 is 1. The van der Waals surface area contributed by atoms with Crippen LogP contribution in [0.25, 0.3) is 0 Å². The second-order valence-corrected chi connectivity index (χ2v) is 3.86. The molecule has 1 atom stereocenters. The molecule has 0 saturated carbocycles. The number of carboxylic acids is 1. The number of nitrogens with one attached hydrogen (secondary N) is 1. The van der Waals surface area contributed by atoms with E-state index < -0.39 is 5.97 Å². The van der Waals surface area contributed by atoms with Crippen molar-refractivity contribution in [2.75, 3.05) is 19.0 Å². The molecule has 1 aromatic heterocycles. The molecule has 0 amide bonds. The largest absolute Gasteiger partial charge is 0.478 e. The summed E-state index contributed by atoms with van der Waals surface area (Å²) < 4.78 is 5.06. The van der Waals surface area contributed by atoms with Gasteiger partial charge in [-0.25, -0.2) is 9.78 Å². The van der Waals surface area contributed by atoms with Crippen molar-refractivity contribution in [3.05, 3.63) is 23.4 Å². The van der Waals surface area contributed by atoms with Crippen LogP contribution in [0.3, 0.4) is 0 Å². The molecule has 5 heteroatoms. The molecule has 17 heavy (non-hydrogen) atoms. The minimum Gasteiger partial charge on any atom is -0.478 e. The van der Waals surface area contributed by atoms with Crippen LogP contribution >= 0.6 is 0 Å². The summed E-state index contributed by atoms with van der Waals surface area (Å²) in [5, 5.41) is 12.2. The number of hydrogen-bond acceptors (Lipinski definition) is 4. The normalized spacial score (nSPS) is 12.2. The van der Waals surface area contributed by atoms with Gasteiger partial charge < -0.3 is 15.2 Å². The number of hydrogen-bond donors (Lipinski definition) is 2. The van der Waals surface area contributed by atoms with Crippen LogP contribution in [0.5, 0.6) is 0 Å². The van der Waals surface area contributed by atoms with E-state index in [0.717, 1.165) is 12.1 Å². The summed E-state index contributed by atoms with van der Waals surface area (Å²) in [6.07, 6.45) is 0.836. The lowest BCUT2D eigenvalue weighted by Crippen LogP contribution is -2.25. The minimum atomic E-state index is -0.979. The molecule has 2 N–H and O–H groups in total. The Balaban J connectivity index is 2.94. The van der Waals surface area contributed by atoms with Crippen molar-refractivity contribution in [2.24, 2.45) is 0 Å². The quantitative estimate of drug-likeness (QED) is 0.792. The zero-order valence-corrected chi connectivity index (χ0v) is 10.4. The zero-order chi connectivity index (χ0) is 12.8. The van der Waals surface area contributed by atoms with E-state index in [-0.39, 0.29) is 11.6 Å². The van der Waals surface area contributed by atoms with Gasteiger partial charge in [-0.05, 0) is 25.5 Å². The fourth-order valence-corrected chi connectivity index (χ4v) is 1.50. The fraction of sp³-hybridized carbons (Fsp3) is 0.500. The molecule has 1 rings (SSSR count). The third-order valence-electron chi connectivity index (χ3n) is 2.47. The van der Waals surface area contributed by atoms with Crippen molar-refractivity contribution in [3.8, 4) is 0 Å². The Morgan fingerprint density at radius 2 is 2.29 bits per heavy atom. The molecule has 0 aromatic carbocycles. The van der Waals surface area contributed by atoms with E-state index in [1.54, 1.807) is 19.2 Å². The molecule has 0 bridgehead atoms. The molecule has 0 aliphatic heterocycles. The van der Waals surface area contributed by atoms with Crippen LogP contribution in [0.2, 0.25) is 0 Å². The highest BCUT2D eigenvalue weighted by Gasteiger charge is 2.14. The number of carboxylic acid groups (broad SMARTS) is 1. The van der Waals surface area contributed by atoms with Crippen LogP contribution in [0, 0.1) is 6.92 Å². The molecule has 0 saturated heterocycles. The van der Waals surface area contributed by atoms with Crippen LogP contribution in [-0.2, 0) is 4.74 Å². The molecular formula is C12H18N2O3. The van der Waals surface area contributed by atoms with Gasteiger partial charge in [0.15, 0.2) is 0 Å². The lowest BCUT2D eigenvalue weighted by atomic mass is 10.2. The first-order valence-corrected chi connectivity index (χ1v) is 5.54. The summed E-state index contributed by atoms with van der Waals surface area (Å²) in [7, 11) is 1.62. The van der Waals surface area contributed by atoms with Gasteiger partial charge >= 0.3 is 5.97 Å². The highest BCUT2D eigenvalue weighted by Crippen LogP contribution is 2.15. The number of aryl methyl sites for hydroxylation is 1. The van der Waals surface area contributed by atoms with Crippen molar-refractivity contribution < 1.29 is 14.6 Å². The molecule has 0 spiro atoms. The zero-order valence-electron chi connectivity index (χ0n) is 10.4. The molecule has 0 aliphatic carbocycles. The van der Waals surface area contributed by atoms with Crippen molar-refractivity contribution >= 4 is 11.8 Å². The summed E-state index contributed by atoms with van der Waals surface area (Å²) in [5.41, 5.74) is 0.968. The molecule has 0 unspecified atom stereocenters. The molecular weight excluding hydrogens is 220 g/mol. The van der Waals surface area contributed by atoms with Gasteiger partial charge in [-0.15, -0.1) is 0 Å². The van der Waals surface area contributed by atoms with Gasteiger partial charge in [-0.2, -0.15) is 0 Å². The van der Waals surface area contributed by atoms with E-state index in [9.17, 15) is 4.79 Å². The number of nitrogens with zero attached hydrogens (tertiary/aromatic N) is 1. The standard InChI is InChI=1S/C12H18N2O3/c1-4-9(7-17-3)14-11-10(12(15)16)6-5-8(2)13-11/h5-6,9H,4,7H2,1-3H3,(H,13,14)(H,15,16)/t9-/m0/s1. The minimum absolute atomic E-state index is 0.0624. The van der Waals surface area contributed by atoms with Crippen molar-refractivity contribution in [3.63, 3.8) is 0 Å². The van der Waals surface area contributed by atoms with E-state index in [1.807, 2.05) is 13.8 Å². The van der Waals surface area contributed by atoms with Crippen molar-refractivity contribution in [2.45, 2.75) is 26.3 Å². The first-order chi connectivity index (χ1) is 8.08. The predicted octanol–water partition coefficient (Wildman–Crippen LogP) is 1.93. The van der Waals surface area contributed by atoms with Crippen LogP contribution in [-0.4, -0.2) is 35.8 Å². The molecule has 94 valence electrons. The Morgan fingerprint density at radius 1 is 1.59 bits per heavy atom. The second kappa shape index (κ2) is 6.20. The number of aromatic nitrogens is 1. The third-order valence-corrected chi connectivity index (χ3v) is 2.47. The molecule has 5 nitrogen and oxygen atoms in total. The van der Waals surface area contributed by atoms with E-state index in [1.165, 1.54) is 0 Å². The highest BCUT2D eigenvalue weighted by molar-refractivity contribution is 5.93. The summed E-state index contributed by atoms with van der Waals surface area (Å²) in [6.45, 7) is 4.35. The molecule has 1 heterocycles. The Hall–Kier alpha value is -1.62. The van der Waals surface area contributed by atoms with E-state index in [4.69, 9.17) is 9.84 Å². The Labute approximate surface area is 101 Å². The van der Waals surface area contributed by atoms with Gasteiger partial charge in [0.25, 0.3) is 0 Å². The van der Waals surface area contributed by atoms with Gasteiger partial charge in [0.05, 0.1) is 12.6 Å². The Bertz CT molecular complexity index is 393. The number of anilines is 1. The fourth-order valence-electron chi connectivity index (χ4n) is 1.50. The highest BCUT2D eigenvalue weighted by atomic mass is 16.5. The van der Waals surface area contributed by atoms with Gasteiger partial charge in [0, 0.05) is 12.8 Å². The lowest BCUT2D eigenvalue weighted by Gasteiger charge is -2.18. The van der Waals surface area contributed by atoms with Crippen LogP contribution in [0.1, 0.15) is 29.4 Å². The molecule has 0 fully saturated rings. The topological polar surface area (TPSA) is 71.5 Å². The lowest BCUT2D eigenvalue weighted by molar-refractivity contribution is 0.0697. The number of ether oxygens (including phenoxy) is 1. The summed E-state index contributed by atoms with van der Waals surface area (Å²) in [4.78, 5) is 15.3. The summed E-state index contributed by atoms with van der Waals surface area (Å²) in [5.74, 6) is -0.575. The predicted molar refractivity (Wildman–Crippen MR) is 65.5 cm³/mol. The van der Waals surface area contributed by atoms with E-state index >= 15 is 0 Å². The monoisotopic (exact) mass is 238 g/mol. The van der Waals surface area contributed by atoms with Gasteiger partial charge in [-0.3, -0.25) is 0 Å². The third kappa shape index (κ3) is 3.71. The maximum absolute atomic E-state index is 11.0. The molecule has 0 radical (unpaired) electrons. The van der Waals surface area contributed by atoms with Gasteiger partial charge in [0.2, 0.25) is 0 Å². The average molecular weight is 238 g/mol.